The van der Waals surface area contributed by atoms with Crippen LogP contribution in [-0.2, 0) is 0 Å². The number of hydrogen-bond acceptors (Lipinski definition) is 5. The van der Waals surface area contributed by atoms with Gasteiger partial charge in [0.1, 0.15) is 11.4 Å². The van der Waals surface area contributed by atoms with Crippen molar-refractivity contribution in [1.29, 1.82) is 0 Å². The average molecular weight is 337 g/mol. The number of thiazole rings is 2. The topological polar surface area (TPSA) is 42.9 Å². The summed E-state index contributed by atoms with van der Waals surface area (Å²) in [6.45, 7) is 8.66. The van der Waals surface area contributed by atoms with Crippen molar-refractivity contribution in [3.8, 4) is 0 Å². The third-order valence-electron chi connectivity index (χ3n) is 4.18. The van der Waals surface area contributed by atoms with E-state index in [9.17, 15) is 4.79 Å². The quantitative estimate of drug-likeness (QED) is 0.586. The molecule has 2 aromatic heterocycles. The molecule has 5 heteroatoms. The van der Waals surface area contributed by atoms with Crippen molar-refractivity contribution >= 4 is 28.5 Å². The summed E-state index contributed by atoms with van der Waals surface area (Å²) < 4.78 is 0. The van der Waals surface area contributed by atoms with Gasteiger partial charge in [0.2, 0.25) is 5.78 Å². The molecule has 0 N–H and O–H groups in total. The van der Waals surface area contributed by atoms with Gasteiger partial charge in [-0.2, -0.15) is 0 Å². The fraction of sp³-hybridized carbons (Fsp3) is 0.588. The molecular weight excluding hydrogens is 312 g/mol. The van der Waals surface area contributed by atoms with Crippen molar-refractivity contribution in [2.75, 3.05) is 0 Å². The van der Waals surface area contributed by atoms with Crippen molar-refractivity contribution < 1.29 is 4.79 Å². The molecule has 0 aromatic carbocycles. The van der Waals surface area contributed by atoms with Gasteiger partial charge >= 0.3 is 0 Å². The number of carbonyl (C=O) groups is 1. The zero-order valence-corrected chi connectivity index (χ0v) is 15.4. The lowest BCUT2D eigenvalue weighted by Gasteiger charge is -2.07. The number of carbonyl (C=O) groups excluding carboxylic acids is 1. The van der Waals surface area contributed by atoms with Gasteiger partial charge in [-0.15, -0.1) is 22.7 Å². The second-order valence-corrected chi connectivity index (χ2v) is 7.28. The third-order valence-corrected chi connectivity index (χ3v) is 6.19. The predicted molar refractivity (Wildman–Crippen MR) is 94.3 cm³/mol. The van der Waals surface area contributed by atoms with Crippen LogP contribution in [0.1, 0.15) is 91.4 Å². The van der Waals surface area contributed by atoms with Crippen molar-refractivity contribution in [2.45, 2.75) is 65.2 Å². The lowest BCUT2D eigenvalue weighted by atomic mass is 10.0. The number of rotatable bonds is 8. The first-order valence-electron chi connectivity index (χ1n) is 8.09. The van der Waals surface area contributed by atoms with Gasteiger partial charge in [0.05, 0.1) is 10.0 Å². The van der Waals surface area contributed by atoms with Gasteiger partial charge in [-0.3, -0.25) is 4.79 Å². The van der Waals surface area contributed by atoms with Gasteiger partial charge in [-0.1, -0.05) is 27.7 Å². The highest BCUT2D eigenvalue weighted by molar-refractivity contribution is 7.10. The first-order valence-corrected chi connectivity index (χ1v) is 9.85. The zero-order valence-electron chi connectivity index (χ0n) is 13.8. The molecule has 0 bridgehead atoms. The number of aromatic nitrogens is 2. The zero-order chi connectivity index (χ0) is 16.1. The molecule has 0 amide bonds. The van der Waals surface area contributed by atoms with Crippen LogP contribution in [0.15, 0.2) is 10.8 Å². The highest BCUT2D eigenvalue weighted by Crippen LogP contribution is 2.29. The van der Waals surface area contributed by atoms with Gasteiger partial charge in [0, 0.05) is 22.6 Å². The molecule has 0 fully saturated rings. The highest BCUT2D eigenvalue weighted by atomic mass is 32.1. The highest BCUT2D eigenvalue weighted by Gasteiger charge is 2.20. The van der Waals surface area contributed by atoms with E-state index in [0.717, 1.165) is 35.7 Å². The normalized spacial score (nSPS) is 11.5. The van der Waals surface area contributed by atoms with Crippen LogP contribution in [0.2, 0.25) is 0 Å². The Bertz CT molecular complexity index is 557. The molecule has 0 saturated carbocycles. The van der Waals surface area contributed by atoms with Crippen molar-refractivity contribution in [2.24, 2.45) is 0 Å². The van der Waals surface area contributed by atoms with E-state index in [-0.39, 0.29) is 5.78 Å². The minimum absolute atomic E-state index is 0.0399. The van der Waals surface area contributed by atoms with Crippen LogP contribution in [0.3, 0.4) is 0 Å². The fourth-order valence-electron chi connectivity index (χ4n) is 2.57. The molecule has 0 aliphatic rings. The van der Waals surface area contributed by atoms with Crippen LogP contribution in [-0.4, -0.2) is 15.8 Å². The molecule has 0 unspecified atom stereocenters. The maximum Gasteiger partial charge on any atom is 0.231 e. The maximum atomic E-state index is 12.6. The largest absolute Gasteiger partial charge is 0.285 e. The Morgan fingerprint density at radius 2 is 1.23 bits per heavy atom. The minimum atomic E-state index is -0.0399. The smallest absolute Gasteiger partial charge is 0.231 e. The summed E-state index contributed by atoms with van der Waals surface area (Å²) in [5.74, 6) is 0.881. The molecule has 120 valence electrons. The van der Waals surface area contributed by atoms with Gasteiger partial charge in [-0.25, -0.2) is 9.97 Å². The van der Waals surface area contributed by atoms with Gasteiger partial charge in [0.15, 0.2) is 0 Å². The Balaban J connectivity index is 2.18. The van der Waals surface area contributed by atoms with Crippen LogP contribution in [0.5, 0.6) is 0 Å². The van der Waals surface area contributed by atoms with E-state index >= 15 is 0 Å². The molecule has 0 atom stereocenters. The van der Waals surface area contributed by atoms with E-state index in [0.29, 0.717) is 23.2 Å². The van der Waals surface area contributed by atoms with Gasteiger partial charge in [-0.05, 0) is 25.7 Å². The molecule has 2 aromatic rings. The summed E-state index contributed by atoms with van der Waals surface area (Å²) in [6, 6.07) is 0. The standard InChI is InChI=1S/C17H24N2OS2/c1-5-11(6-2)16-18-13(9-21-16)15(20)14-10-22-17(19-14)12(7-3)8-4/h9-12H,5-8H2,1-4H3. The number of nitrogens with zero attached hydrogens (tertiary/aromatic N) is 2. The Morgan fingerprint density at radius 3 is 1.55 bits per heavy atom. The Labute approximate surface area is 140 Å². The first-order chi connectivity index (χ1) is 10.6. The Hall–Kier alpha value is -1.07. The van der Waals surface area contributed by atoms with E-state index in [1.54, 1.807) is 22.7 Å². The van der Waals surface area contributed by atoms with E-state index in [2.05, 4.69) is 37.7 Å². The lowest BCUT2D eigenvalue weighted by Crippen LogP contribution is -2.04. The molecule has 0 aliphatic heterocycles. The molecular formula is C17H24N2OS2. The van der Waals surface area contributed by atoms with E-state index in [1.165, 1.54) is 0 Å². The van der Waals surface area contributed by atoms with Crippen LogP contribution >= 0.6 is 22.7 Å². The summed E-state index contributed by atoms with van der Waals surface area (Å²) in [7, 11) is 0. The van der Waals surface area contributed by atoms with Crippen molar-refractivity contribution in [3.63, 3.8) is 0 Å². The molecule has 0 radical (unpaired) electrons. The number of ketones is 1. The molecule has 2 heterocycles. The van der Waals surface area contributed by atoms with Crippen LogP contribution in [0.4, 0.5) is 0 Å². The lowest BCUT2D eigenvalue weighted by molar-refractivity contribution is 0.103. The summed E-state index contributed by atoms with van der Waals surface area (Å²) in [6.07, 6.45) is 4.25. The predicted octanol–water partition coefficient (Wildman–Crippen LogP) is 5.64. The van der Waals surface area contributed by atoms with Crippen LogP contribution < -0.4 is 0 Å². The molecule has 0 saturated heterocycles. The summed E-state index contributed by atoms with van der Waals surface area (Å²) in [5.41, 5.74) is 1.10. The van der Waals surface area contributed by atoms with Crippen LogP contribution in [0, 0.1) is 0 Å². The number of hydrogen-bond donors (Lipinski definition) is 0. The van der Waals surface area contributed by atoms with Gasteiger partial charge in [0.25, 0.3) is 0 Å². The van der Waals surface area contributed by atoms with E-state index in [4.69, 9.17) is 0 Å². The van der Waals surface area contributed by atoms with Gasteiger partial charge < -0.3 is 0 Å². The first kappa shape index (κ1) is 17.3. The second-order valence-electron chi connectivity index (χ2n) is 5.50. The maximum absolute atomic E-state index is 12.6. The van der Waals surface area contributed by atoms with E-state index < -0.39 is 0 Å². The van der Waals surface area contributed by atoms with Crippen molar-refractivity contribution in [3.05, 3.63) is 32.2 Å². The Kier molecular flexibility index (Phi) is 6.26. The van der Waals surface area contributed by atoms with E-state index in [1.807, 2.05) is 10.8 Å². The van der Waals surface area contributed by atoms with Crippen molar-refractivity contribution in [1.82, 2.24) is 9.97 Å². The molecule has 2 rings (SSSR count). The summed E-state index contributed by atoms with van der Waals surface area (Å²) in [5, 5.41) is 5.91. The third kappa shape index (κ3) is 3.63. The monoisotopic (exact) mass is 336 g/mol. The SMILES string of the molecule is CCC(CC)c1nc(C(=O)c2csc(C(CC)CC)n2)cs1. The summed E-state index contributed by atoms with van der Waals surface area (Å²) >= 11 is 3.19. The minimum Gasteiger partial charge on any atom is -0.285 e. The average Bonchev–Trinajstić information content (AvgIpc) is 3.19. The Morgan fingerprint density at radius 1 is 0.864 bits per heavy atom. The molecule has 0 aliphatic carbocycles. The molecule has 0 spiro atoms. The molecule has 3 nitrogen and oxygen atoms in total. The second kappa shape index (κ2) is 7.97. The van der Waals surface area contributed by atoms with Crippen LogP contribution in [0.25, 0.3) is 0 Å². The molecule has 22 heavy (non-hydrogen) atoms. The summed E-state index contributed by atoms with van der Waals surface area (Å²) in [4.78, 5) is 21.7. The fourth-order valence-corrected chi connectivity index (χ4v) is 4.70.